The topological polar surface area (TPSA) is 113 Å². The summed E-state index contributed by atoms with van der Waals surface area (Å²) >= 11 is 0. The largest absolute Gasteiger partial charge is 0.417 e. The molecule has 1 aliphatic rings. The van der Waals surface area contributed by atoms with E-state index >= 15 is 0 Å². The number of halogens is 3. The second kappa shape index (κ2) is 6.89. The molecule has 28 heavy (non-hydrogen) atoms. The molecule has 0 radical (unpaired) electrons. The van der Waals surface area contributed by atoms with Crippen molar-refractivity contribution in [3.05, 3.63) is 39.9 Å². The zero-order chi connectivity index (χ0) is 20.7. The molecule has 0 saturated carbocycles. The summed E-state index contributed by atoms with van der Waals surface area (Å²) < 4.78 is 39.3. The van der Waals surface area contributed by atoms with Gasteiger partial charge in [0.05, 0.1) is 17.3 Å². The van der Waals surface area contributed by atoms with Crippen molar-refractivity contribution >= 4 is 22.7 Å². The third-order valence-electron chi connectivity index (χ3n) is 4.51. The van der Waals surface area contributed by atoms with Crippen molar-refractivity contribution in [2.75, 3.05) is 0 Å². The lowest BCUT2D eigenvalue weighted by molar-refractivity contribution is -0.253. The number of aliphatic hydroxyl groups is 1. The molecular formula is C17H17F3N4O4. The fourth-order valence-electron chi connectivity index (χ4n) is 2.88. The van der Waals surface area contributed by atoms with Crippen LogP contribution in [0.1, 0.15) is 35.9 Å². The predicted molar refractivity (Wildman–Crippen MR) is 91.2 cm³/mol. The highest BCUT2D eigenvalue weighted by Crippen LogP contribution is 2.32. The molecule has 0 unspecified atom stereocenters. The van der Waals surface area contributed by atoms with Crippen LogP contribution in [0.25, 0.3) is 10.9 Å². The van der Waals surface area contributed by atoms with E-state index in [9.17, 15) is 32.7 Å². The minimum atomic E-state index is -4.99. The fourth-order valence-corrected chi connectivity index (χ4v) is 2.88. The SMILES string of the molecule is C[C@](O)(CC(=O)NNC(=O)c1ccc2c(=O)n3c(nc2c1)CCC3)C(F)(F)F. The average molecular weight is 398 g/mol. The summed E-state index contributed by atoms with van der Waals surface area (Å²) in [5.74, 6) is -1.40. The number of aromatic nitrogens is 2. The van der Waals surface area contributed by atoms with Gasteiger partial charge >= 0.3 is 6.18 Å². The lowest BCUT2D eigenvalue weighted by atomic mass is 10.0. The Morgan fingerprint density at radius 1 is 1.29 bits per heavy atom. The van der Waals surface area contributed by atoms with Crippen LogP contribution in [0.5, 0.6) is 0 Å². The van der Waals surface area contributed by atoms with Gasteiger partial charge in [0.15, 0.2) is 5.60 Å². The van der Waals surface area contributed by atoms with Crippen molar-refractivity contribution in [2.24, 2.45) is 0 Å². The van der Waals surface area contributed by atoms with Gasteiger partial charge in [-0.15, -0.1) is 0 Å². The van der Waals surface area contributed by atoms with Crippen molar-refractivity contribution in [1.82, 2.24) is 20.4 Å². The number of hydrogen-bond acceptors (Lipinski definition) is 5. The molecule has 0 bridgehead atoms. The third-order valence-corrected chi connectivity index (χ3v) is 4.51. The molecule has 2 heterocycles. The van der Waals surface area contributed by atoms with Crippen LogP contribution in [0.2, 0.25) is 0 Å². The summed E-state index contributed by atoms with van der Waals surface area (Å²) in [6.45, 7) is 1.05. The van der Waals surface area contributed by atoms with Crippen molar-refractivity contribution in [3.8, 4) is 0 Å². The fraction of sp³-hybridized carbons (Fsp3) is 0.412. The Hall–Kier alpha value is -2.95. The maximum atomic E-state index is 12.6. The lowest BCUT2D eigenvalue weighted by Crippen LogP contribution is -2.49. The number of fused-ring (bicyclic) bond motifs is 2. The van der Waals surface area contributed by atoms with Gasteiger partial charge in [0, 0.05) is 18.5 Å². The number of nitrogens with zero attached hydrogens (tertiary/aromatic N) is 2. The van der Waals surface area contributed by atoms with Crippen LogP contribution in [0.4, 0.5) is 13.2 Å². The summed E-state index contributed by atoms with van der Waals surface area (Å²) in [6.07, 6.45) is -4.82. The molecule has 0 fully saturated rings. The number of benzene rings is 1. The van der Waals surface area contributed by atoms with Gasteiger partial charge < -0.3 is 5.11 Å². The number of hydrogen-bond donors (Lipinski definition) is 3. The molecule has 8 nitrogen and oxygen atoms in total. The van der Waals surface area contributed by atoms with E-state index in [4.69, 9.17) is 0 Å². The molecule has 1 aromatic carbocycles. The highest BCUT2D eigenvalue weighted by atomic mass is 19.4. The first-order chi connectivity index (χ1) is 13.0. The normalized spacial score (nSPS) is 15.8. The van der Waals surface area contributed by atoms with Crippen LogP contribution in [0.15, 0.2) is 23.0 Å². The van der Waals surface area contributed by atoms with Crippen LogP contribution < -0.4 is 16.4 Å². The summed E-state index contributed by atoms with van der Waals surface area (Å²) in [5, 5.41) is 9.63. The Bertz CT molecular complexity index is 1010. The summed E-state index contributed by atoms with van der Waals surface area (Å²) in [6, 6.07) is 4.14. The molecular weight excluding hydrogens is 381 g/mol. The first-order valence-electron chi connectivity index (χ1n) is 8.41. The Morgan fingerprint density at radius 2 is 2.00 bits per heavy atom. The summed E-state index contributed by atoms with van der Waals surface area (Å²) in [5.41, 5.74) is 0.752. The van der Waals surface area contributed by atoms with Gasteiger partial charge in [-0.25, -0.2) is 4.98 Å². The molecule has 0 aliphatic carbocycles. The van der Waals surface area contributed by atoms with Crippen LogP contribution in [-0.4, -0.2) is 38.2 Å². The number of amides is 2. The first-order valence-corrected chi connectivity index (χ1v) is 8.41. The van der Waals surface area contributed by atoms with Crippen molar-refractivity contribution in [2.45, 2.75) is 44.5 Å². The number of carbonyl (C=O) groups is 2. The van der Waals surface area contributed by atoms with Gasteiger partial charge in [-0.3, -0.25) is 29.8 Å². The molecule has 3 rings (SSSR count). The zero-order valence-electron chi connectivity index (χ0n) is 14.8. The number of rotatable bonds is 3. The van der Waals surface area contributed by atoms with Crippen LogP contribution >= 0.6 is 0 Å². The van der Waals surface area contributed by atoms with Crippen LogP contribution in [-0.2, 0) is 17.8 Å². The molecule has 0 spiro atoms. The Morgan fingerprint density at radius 3 is 2.68 bits per heavy atom. The Labute approximate surface area is 156 Å². The summed E-state index contributed by atoms with van der Waals surface area (Å²) in [7, 11) is 0. The average Bonchev–Trinajstić information content (AvgIpc) is 3.06. The molecule has 2 amide bonds. The van der Waals surface area contributed by atoms with Gasteiger partial charge in [0.1, 0.15) is 5.82 Å². The first kappa shape index (κ1) is 19.8. The Balaban J connectivity index is 1.71. The van der Waals surface area contributed by atoms with E-state index in [-0.39, 0.29) is 11.1 Å². The standard InChI is InChI=1S/C17H17F3N4O4/c1-16(28,17(18,19)20)8-13(25)22-23-14(26)9-4-5-10-11(7-9)21-12-3-2-6-24(12)15(10)27/h4-5,7,28H,2-3,6,8H2,1H3,(H,22,25)(H,23,26)/t16-/m0/s1. The number of aryl methyl sites for hydroxylation is 1. The molecule has 1 atom stereocenters. The smallest absolute Gasteiger partial charge is 0.380 e. The van der Waals surface area contributed by atoms with E-state index in [1.165, 1.54) is 18.2 Å². The predicted octanol–water partition coefficient (Wildman–Crippen LogP) is 0.807. The zero-order valence-corrected chi connectivity index (χ0v) is 14.8. The van der Waals surface area contributed by atoms with Crippen LogP contribution in [0, 0.1) is 0 Å². The molecule has 150 valence electrons. The van der Waals surface area contributed by atoms with Gasteiger partial charge in [-0.05, 0) is 31.5 Å². The van der Waals surface area contributed by atoms with Gasteiger partial charge in [-0.1, -0.05) is 0 Å². The second-order valence-electron chi connectivity index (χ2n) is 6.77. The highest BCUT2D eigenvalue weighted by Gasteiger charge is 2.51. The van der Waals surface area contributed by atoms with E-state index < -0.39 is 30.0 Å². The molecule has 1 aromatic heterocycles. The number of nitrogens with one attached hydrogen (secondary N) is 2. The summed E-state index contributed by atoms with van der Waals surface area (Å²) in [4.78, 5) is 40.5. The van der Waals surface area contributed by atoms with Gasteiger partial charge in [0.2, 0.25) is 5.91 Å². The van der Waals surface area contributed by atoms with Gasteiger partial charge in [0.25, 0.3) is 11.5 Å². The van der Waals surface area contributed by atoms with Crippen molar-refractivity contribution in [1.29, 1.82) is 0 Å². The number of alkyl halides is 3. The van der Waals surface area contributed by atoms with E-state index in [1.54, 1.807) is 4.57 Å². The quantitative estimate of drug-likeness (QED) is 0.662. The molecule has 1 aliphatic heterocycles. The molecule has 3 N–H and O–H groups in total. The number of carbonyl (C=O) groups excluding carboxylic acids is 2. The molecule has 11 heteroatoms. The maximum Gasteiger partial charge on any atom is 0.417 e. The van der Waals surface area contributed by atoms with Crippen molar-refractivity contribution < 1.29 is 27.9 Å². The molecule has 2 aromatic rings. The van der Waals surface area contributed by atoms with Gasteiger partial charge in [-0.2, -0.15) is 13.2 Å². The Kier molecular flexibility index (Phi) is 4.88. The van der Waals surface area contributed by atoms with Crippen molar-refractivity contribution in [3.63, 3.8) is 0 Å². The molecule has 0 saturated heterocycles. The monoisotopic (exact) mass is 398 g/mol. The third kappa shape index (κ3) is 3.70. The maximum absolute atomic E-state index is 12.6. The second-order valence-corrected chi connectivity index (χ2v) is 6.77. The van der Waals surface area contributed by atoms with E-state index in [0.29, 0.717) is 36.6 Å². The lowest BCUT2D eigenvalue weighted by Gasteiger charge is -2.25. The minimum Gasteiger partial charge on any atom is -0.380 e. The van der Waals surface area contributed by atoms with E-state index in [0.717, 1.165) is 6.42 Å². The van der Waals surface area contributed by atoms with E-state index in [1.807, 2.05) is 10.9 Å². The minimum absolute atomic E-state index is 0.0604. The van der Waals surface area contributed by atoms with Crippen LogP contribution in [0.3, 0.4) is 0 Å². The van der Waals surface area contributed by atoms with E-state index in [2.05, 4.69) is 4.98 Å². The highest BCUT2D eigenvalue weighted by molar-refractivity contribution is 5.98. The number of hydrazine groups is 1.